The number of Topliss-reactive ketones (excluding diaryl/α,β-unsaturated/α-hetero) is 1. The SMILES string of the molecule is COc1ccc([C@@H]2C(=C(O)c3ccc4c(c3)C[C@H](C)O4)C(=O)C(=O)N2c2nccs2)cc1OC. The number of thiazole rings is 1. The Hall–Kier alpha value is -3.85. The largest absolute Gasteiger partial charge is 0.507 e. The van der Waals surface area contributed by atoms with Crippen LogP contribution in [0.2, 0.25) is 0 Å². The summed E-state index contributed by atoms with van der Waals surface area (Å²) in [6.45, 7) is 1.97. The zero-order valence-corrected chi connectivity index (χ0v) is 19.6. The van der Waals surface area contributed by atoms with Gasteiger partial charge in [-0.2, -0.15) is 0 Å². The van der Waals surface area contributed by atoms with Gasteiger partial charge in [0.15, 0.2) is 16.6 Å². The van der Waals surface area contributed by atoms with Gasteiger partial charge in [-0.1, -0.05) is 6.07 Å². The topological polar surface area (TPSA) is 98.2 Å². The lowest BCUT2D eigenvalue weighted by atomic mass is 9.94. The van der Waals surface area contributed by atoms with Gasteiger partial charge in [-0.25, -0.2) is 4.98 Å². The summed E-state index contributed by atoms with van der Waals surface area (Å²) in [5.74, 6) is -0.0890. The molecule has 9 heteroatoms. The van der Waals surface area contributed by atoms with Crippen LogP contribution < -0.4 is 19.1 Å². The Morgan fingerprint density at radius 2 is 1.94 bits per heavy atom. The number of hydrogen-bond donors (Lipinski definition) is 1. The van der Waals surface area contributed by atoms with Crippen molar-refractivity contribution in [2.75, 3.05) is 19.1 Å². The molecule has 1 N–H and O–H groups in total. The summed E-state index contributed by atoms with van der Waals surface area (Å²) in [6.07, 6.45) is 2.30. The molecule has 8 nitrogen and oxygen atoms in total. The van der Waals surface area contributed by atoms with Crippen LogP contribution in [0.25, 0.3) is 5.76 Å². The summed E-state index contributed by atoms with van der Waals surface area (Å²) in [6, 6.07) is 9.51. The van der Waals surface area contributed by atoms with E-state index in [1.165, 1.54) is 30.5 Å². The predicted octanol–water partition coefficient (Wildman–Crippen LogP) is 4.11. The summed E-state index contributed by atoms with van der Waals surface area (Å²) < 4.78 is 16.5. The molecule has 2 aliphatic rings. The number of ether oxygens (including phenoxy) is 3. The highest BCUT2D eigenvalue weighted by atomic mass is 32.1. The Bertz CT molecular complexity index is 1320. The number of benzene rings is 2. The molecule has 5 rings (SSSR count). The number of ketones is 1. The predicted molar refractivity (Wildman–Crippen MR) is 127 cm³/mol. The van der Waals surface area contributed by atoms with Crippen molar-refractivity contribution in [3.05, 3.63) is 70.2 Å². The molecule has 2 aliphatic heterocycles. The Labute approximate surface area is 200 Å². The second-order valence-corrected chi connectivity index (χ2v) is 8.93. The zero-order valence-electron chi connectivity index (χ0n) is 18.8. The molecular weight excluding hydrogens is 456 g/mol. The van der Waals surface area contributed by atoms with E-state index in [0.717, 1.165) is 11.3 Å². The number of methoxy groups -OCH3 is 2. The van der Waals surface area contributed by atoms with Crippen LogP contribution in [0.1, 0.15) is 29.7 Å². The van der Waals surface area contributed by atoms with Gasteiger partial charge in [0.05, 0.1) is 25.8 Å². The van der Waals surface area contributed by atoms with Crippen LogP contribution in [-0.2, 0) is 16.0 Å². The Balaban J connectivity index is 1.69. The minimum Gasteiger partial charge on any atom is -0.507 e. The Morgan fingerprint density at radius 3 is 2.65 bits per heavy atom. The van der Waals surface area contributed by atoms with E-state index in [9.17, 15) is 14.7 Å². The third-order valence-electron chi connectivity index (χ3n) is 5.96. The third kappa shape index (κ3) is 3.49. The van der Waals surface area contributed by atoms with Crippen molar-refractivity contribution in [1.82, 2.24) is 4.98 Å². The number of aromatic nitrogens is 1. The number of rotatable bonds is 5. The molecule has 1 saturated heterocycles. The van der Waals surface area contributed by atoms with Crippen LogP contribution in [0.5, 0.6) is 17.2 Å². The van der Waals surface area contributed by atoms with E-state index in [1.54, 1.807) is 48.0 Å². The normalized spacial score (nSPS) is 20.9. The highest BCUT2D eigenvalue weighted by Crippen LogP contribution is 2.45. The van der Waals surface area contributed by atoms with Crippen LogP contribution >= 0.6 is 11.3 Å². The fourth-order valence-corrected chi connectivity index (χ4v) is 5.09. The minimum atomic E-state index is -0.894. The molecule has 2 aromatic carbocycles. The first kappa shape index (κ1) is 22.0. The first-order valence-electron chi connectivity index (χ1n) is 10.6. The molecule has 1 aromatic heterocycles. The number of nitrogens with zero attached hydrogens (tertiary/aromatic N) is 2. The summed E-state index contributed by atoms with van der Waals surface area (Å²) in [7, 11) is 3.03. The van der Waals surface area contributed by atoms with Gasteiger partial charge in [-0.15, -0.1) is 11.3 Å². The molecule has 0 spiro atoms. The van der Waals surface area contributed by atoms with Gasteiger partial charge >= 0.3 is 5.91 Å². The van der Waals surface area contributed by atoms with Crippen LogP contribution in [0.15, 0.2) is 53.5 Å². The number of fused-ring (bicyclic) bond motifs is 1. The van der Waals surface area contributed by atoms with Crippen molar-refractivity contribution in [2.45, 2.75) is 25.5 Å². The van der Waals surface area contributed by atoms with E-state index in [-0.39, 0.29) is 17.4 Å². The highest BCUT2D eigenvalue weighted by molar-refractivity contribution is 7.14. The van der Waals surface area contributed by atoms with E-state index in [1.807, 2.05) is 6.92 Å². The first-order chi connectivity index (χ1) is 16.4. The van der Waals surface area contributed by atoms with Gasteiger partial charge in [0, 0.05) is 23.6 Å². The Kier molecular flexibility index (Phi) is 5.49. The number of aliphatic hydroxyl groups is 1. The number of anilines is 1. The first-order valence-corrected chi connectivity index (χ1v) is 11.5. The summed E-state index contributed by atoms with van der Waals surface area (Å²) in [5.41, 5.74) is 1.94. The van der Waals surface area contributed by atoms with Crippen LogP contribution in [0.4, 0.5) is 5.13 Å². The molecule has 1 amide bonds. The second kappa shape index (κ2) is 8.49. The van der Waals surface area contributed by atoms with Crippen molar-refractivity contribution in [3.63, 3.8) is 0 Å². The molecule has 0 unspecified atom stereocenters. The lowest BCUT2D eigenvalue weighted by Crippen LogP contribution is -2.29. The average molecular weight is 479 g/mol. The fraction of sp³-hybridized carbons (Fsp3) is 0.240. The molecule has 2 atom stereocenters. The third-order valence-corrected chi connectivity index (χ3v) is 6.73. The lowest BCUT2D eigenvalue weighted by molar-refractivity contribution is -0.132. The number of aliphatic hydroxyl groups excluding tert-OH is 1. The van der Waals surface area contributed by atoms with Crippen molar-refractivity contribution >= 4 is 33.9 Å². The number of carbonyl (C=O) groups excluding carboxylic acids is 2. The maximum atomic E-state index is 13.3. The van der Waals surface area contributed by atoms with Crippen LogP contribution in [0, 0.1) is 0 Å². The number of carbonyl (C=O) groups is 2. The molecule has 0 bridgehead atoms. The van der Waals surface area contributed by atoms with E-state index < -0.39 is 17.7 Å². The molecule has 3 aromatic rings. The Morgan fingerprint density at radius 1 is 1.15 bits per heavy atom. The smallest absolute Gasteiger partial charge is 0.301 e. The van der Waals surface area contributed by atoms with Gasteiger partial charge in [0.25, 0.3) is 5.78 Å². The van der Waals surface area contributed by atoms with Gasteiger partial charge in [0.2, 0.25) is 0 Å². The molecule has 1 fully saturated rings. The quantitative estimate of drug-likeness (QED) is 0.335. The van der Waals surface area contributed by atoms with Crippen molar-refractivity contribution in [3.8, 4) is 17.2 Å². The van der Waals surface area contributed by atoms with Crippen LogP contribution in [-0.4, -0.2) is 42.1 Å². The number of amides is 1. The molecular formula is C25H22N2O6S. The maximum Gasteiger partial charge on any atom is 0.301 e. The summed E-state index contributed by atoms with van der Waals surface area (Å²) in [5, 5.41) is 13.4. The fourth-order valence-electron chi connectivity index (χ4n) is 4.43. The van der Waals surface area contributed by atoms with E-state index in [2.05, 4.69) is 4.98 Å². The van der Waals surface area contributed by atoms with Gasteiger partial charge < -0.3 is 19.3 Å². The zero-order chi connectivity index (χ0) is 24.0. The monoisotopic (exact) mass is 478 g/mol. The maximum absolute atomic E-state index is 13.3. The molecule has 0 radical (unpaired) electrons. The molecule has 0 saturated carbocycles. The lowest BCUT2D eigenvalue weighted by Gasteiger charge is -2.23. The van der Waals surface area contributed by atoms with E-state index in [4.69, 9.17) is 14.2 Å². The standard InChI is InChI=1S/C25H22N2O6S/c1-13-10-16-11-15(5-6-17(16)33-13)22(28)20-21(14-4-7-18(31-2)19(12-14)32-3)27(24(30)23(20)29)25-26-8-9-34-25/h4-9,11-13,21,28H,10H2,1-3H3/t13-,21+/m0/s1. The van der Waals surface area contributed by atoms with Crippen molar-refractivity contribution < 1.29 is 28.9 Å². The van der Waals surface area contributed by atoms with E-state index in [0.29, 0.717) is 34.2 Å². The second-order valence-electron chi connectivity index (χ2n) is 8.05. The molecule has 174 valence electrons. The van der Waals surface area contributed by atoms with Gasteiger partial charge in [-0.3, -0.25) is 14.5 Å². The minimum absolute atomic E-state index is 0.0145. The number of hydrogen-bond acceptors (Lipinski definition) is 8. The average Bonchev–Trinajstić information content (AvgIpc) is 3.56. The van der Waals surface area contributed by atoms with Crippen molar-refractivity contribution in [1.29, 1.82) is 0 Å². The summed E-state index contributed by atoms with van der Waals surface area (Å²) >= 11 is 1.23. The van der Waals surface area contributed by atoms with Gasteiger partial charge in [-0.05, 0) is 48.4 Å². The van der Waals surface area contributed by atoms with Crippen LogP contribution in [0.3, 0.4) is 0 Å². The summed E-state index contributed by atoms with van der Waals surface area (Å²) in [4.78, 5) is 32.0. The molecule has 3 heterocycles. The van der Waals surface area contributed by atoms with Gasteiger partial charge in [0.1, 0.15) is 17.6 Å². The van der Waals surface area contributed by atoms with Crippen molar-refractivity contribution in [2.24, 2.45) is 0 Å². The molecule has 0 aliphatic carbocycles. The van der Waals surface area contributed by atoms with E-state index >= 15 is 0 Å². The molecule has 34 heavy (non-hydrogen) atoms. The highest BCUT2D eigenvalue weighted by Gasteiger charge is 2.48.